The van der Waals surface area contributed by atoms with Gasteiger partial charge in [0.1, 0.15) is 0 Å². The second-order valence-corrected chi connectivity index (χ2v) is 4.17. The maximum atomic E-state index is 13.4. The number of nitrogens with one attached hydrogen (secondary N) is 2. The first kappa shape index (κ1) is 13.6. The molecule has 4 N–H and O–H groups in total. The van der Waals surface area contributed by atoms with E-state index in [0.717, 1.165) is 19.2 Å². The summed E-state index contributed by atoms with van der Waals surface area (Å²) in [6.07, 6.45) is 1.98. The van der Waals surface area contributed by atoms with E-state index in [9.17, 15) is 4.39 Å². The topological polar surface area (TPSA) is 79.1 Å². The van der Waals surface area contributed by atoms with Gasteiger partial charge >= 0.3 is 0 Å². The monoisotopic (exact) mass is 242 g/mol. The standard InChI is InChI=1S/C10H19FN6/c1-7(4-5-17(2)3)14-9-8(11)6-13-10(15-9)16-12/h6-7H,4-5,12H2,1-3H3,(H2,13,14,15,16). The van der Waals surface area contributed by atoms with Crippen molar-refractivity contribution in [1.82, 2.24) is 14.9 Å². The van der Waals surface area contributed by atoms with Gasteiger partial charge in [0.15, 0.2) is 11.6 Å². The maximum Gasteiger partial charge on any atom is 0.239 e. The molecule has 1 aromatic rings. The summed E-state index contributed by atoms with van der Waals surface area (Å²) >= 11 is 0. The third kappa shape index (κ3) is 4.49. The van der Waals surface area contributed by atoms with Crippen molar-refractivity contribution in [2.24, 2.45) is 5.84 Å². The van der Waals surface area contributed by atoms with Crippen molar-refractivity contribution in [1.29, 1.82) is 0 Å². The van der Waals surface area contributed by atoms with Gasteiger partial charge in [-0.2, -0.15) is 4.98 Å². The summed E-state index contributed by atoms with van der Waals surface area (Å²) in [7, 11) is 3.99. The fourth-order valence-corrected chi connectivity index (χ4v) is 1.30. The molecule has 0 aromatic carbocycles. The van der Waals surface area contributed by atoms with Gasteiger partial charge in [0.2, 0.25) is 5.95 Å². The van der Waals surface area contributed by atoms with Gasteiger partial charge in [-0.15, -0.1) is 0 Å². The molecule has 17 heavy (non-hydrogen) atoms. The van der Waals surface area contributed by atoms with Crippen molar-refractivity contribution in [3.05, 3.63) is 12.0 Å². The zero-order valence-electron chi connectivity index (χ0n) is 10.4. The van der Waals surface area contributed by atoms with Crippen LogP contribution in [-0.4, -0.2) is 41.5 Å². The molecule has 0 aliphatic heterocycles. The highest BCUT2D eigenvalue weighted by Gasteiger charge is 2.09. The molecule has 1 heterocycles. The first-order chi connectivity index (χ1) is 8.02. The Morgan fingerprint density at radius 3 is 2.82 bits per heavy atom. The molecule has 0 fully saturated rings. The summed E-state index contributed by atoms with van der Waals surface area (Å²) in [6, 6.07) is 0.118. The number of halogens is 1. The molecular weight excluding hydrogens is 223 g/mol. The van der Waals surface area contributed by atoms with Crippen molar-refractivity contribution in [2.75, 3.05) is 31.4 Å². The van der Waals surface area contributed by atoms with E-state index >= 15 is 0 Å². The van der Waals surface area contributed by atoms with Gasteiger partial charge in [-0.05, 0) is 34.0 Å². The van der Waals surface area contributed by atoms with E-state index < -0.39 is 5.82 Å². The second kappa shape index (κ2) is 6.31. The summed E-state index contributed by atoms with van der Waals surface area (Å²) < 4.78 is 13.4. The molecule has 0 amide bonds. The minimum absolute atomic E-state index is 0.118. The summed E-state index contributed by atoms with van der Waals surface area (Å²) in [6.45, 7) is 2.89. The van der Waals surface area contributed by atoms with E-state index in [1.165, 1.54) is 0 Å². The van der Waals surface area contributed by atoms with Gasteiger partial charge in [0.05, 0.1) is 6.20 Å². The molecule has 0 saturated heterocycles. The van der Waals surface area contributed by atoms with Crippen LogP contribution in [0.25, 0.3) is 0 Å². The number of hydrogen-bond donors (Lipinski definition) is 3. The van der Waals surface area contributed by atoms with E-state index in [1.54, 1.807) is 0 Å². The van der Waals surface area contributed by atoms with E-state index in [2.05, 4.69) is 25.6 Å². The normalized spacial score (nSPS) is 12.6. The van der Waals surface area contributed by atoms with Crippen LogP contribution in [0.2, 0.25) is 0 Å². The number of hydrazine groups is 1. The number of rotatable bonds is 6. The zero-order valence-corrected chi connectivity index (χ0v) is 10.4. The Kier molecular flexibility index (Phi) is 5.05. The molecule has 0 radical (unpaired) electrons. The van der Waals surface area contributed by atoms with Crippen molar-refractivity contribution >= 4 is 11.8 Å². The van der Waals surface area contributed by atoms with E-state index in [-0.39, 0.29) is 17.8 Å². The number of aromatic nitrogens is 2. The predicted molar refractivity (Wildman–Crippen MR) is 66.1 cm³/mol. The predicted octanol–water partition coefficient (Wildman–Crippen LogP) is 0.653. The third-order valence-electron chi connectivity index (χ3n) is 2.27. The lowest BCUT2D eigenvalue weighted by molar-refractivity contribution is 0.390. The first-order valence-electron chi connectivity index (χ1n) is 5.43. The summed E-state index contributed by atoms with van der Waals surface area (Å²) in [5.74, 6) is 5.04. The van der Waals surface area contributed by atoms with Crippen LogP contribution in [0.5, 0.6) is 0 Å². The molecule has 6 nitrogen and oxygen atoms in total. The van der Waals surface area contributed by atoms with Crippen LogP contribution in [0.1, 0.15) is 13.3 Å². The number of nitrogens with zero attached hydrogens (tertiary/aromatic N) is 3. The quantitative estimate of drug-likeness (QED) is 0.502. The maximum absolute atomic E-state index is 13.4. The molecule has 1 rings (SSSR count). The molecule has 0 bridgehead atoms. The Balaban J connectivity index is 2.60. The minimum atomic E-state index is -0.485. The van der Waals surface area contributed by atoms with Crippen LogP contribution in [0, 0.1) is 5.82 Å². The average Bonchev–Trinajstić information content (AvgIpc) is 2.29. The van der Waals surface area contributed by atoms with Gasteiger partial charge in [-0.25, -0.2) is 15.2 Å². The Labute approximate surface area is 100 Å². The molecule has 0 spiro atoms. The molecule has 0 aliphatic rings. The fraction of sp³-hybridized carbons (Fsp3) is 0.600. The van der Waals surface area contributed by atoms with Gasteiger partial charge < -0.3 is 10.2 Å². The molecule has 96 valence electrons. The van der Waals surface area contributed by atoms with Crippen molar-refractivity contribution in [2.45, 2.75) is 19.4 Å². The van der Waals surface area contributed by atoms with Crippen LogP contribution in [0.15, 0.2) is 6.20 Å². The van der Waals surface area contributed by atoms with Gasteiger partial charge in [-0.3, -0.25) is 5.43 Å². The third-order valence-corrected chi connectivity index (χ3v) is 2.27. The number of nitrogens with two attached hydrogens (primary N) is 1. The lowest BCUT2D eigenvalue weighted by Crippen LogP contribution is -2.24. The van der Waals surface area contributed by atoms with E-state index in [1.807, 2.05) is 21.0 Å². The lowest BCUT2D eigenvalue weighted by Gasteiger charge is -2.17. The highest BCUT2D eigenvalue weighted by atomic mass is 19.1. The van der Waals surface area contributed by atoms with E-state index in [4.69, 9.17) is 5.84 Å². The Morgan fingerprint density at radius 2 is 2.24 bits per heavy atom. The van der Waals surface area contributed by atoms with Crippen LogP contribution < -0.4 is 16.6 Å². The zero-order chi connectivity index (χ0) is 12.8. The lowest BCUT2D eigenvalue weighted by atomic mass is 10.2. The number of anilines is 2. The number of hydrogen-bond acceptors (Lipinski definition) is 6. The van der Waals surface area contributed by atoms with Gasteiger partial charge in [0.25, 0.3) is 0 Å². The van der Waals surface area contributed by atoms with Crippen LogP contribution >= 0.6 is 0 Å². The molecule has 1 atom stereocenters. The fourth-order valence-electron chi connectivity index (χ4n) is 1.30. The largest absolute Gasteiger partial charge is 0.365 e. The summed E-state index contributed by atoms with van der Waals surface area (Å²) in [5, 5.41) is 2.99. The summed E-state index contributed by atoms with van der Waals surface area (Å²) in [4.78, 5) is 9.65. The molecule has 1 unspecified atom stereocenters. The van der Waals surface area contributed by atoms with Crippen LogP contribution in [-0.2, 0) is 0 Å². The molecule has 0 saturated carbocycles. The Bertz CT molecular complexity index is 357. The minimum Gasteiger partial charge on any atom is -0.365 e. The Morgan fingerprint density at radius 1 is 1.53 bits per heavy atom. The highest BCUT2D eigenvalue weighted by molar-refractivity contribution is 5.41. The van der Waals surface area contributed by atoms with Crippen LogP contribution in [0.3, 0.4) is 0 Å². The van der Waals surface area contributed by atoms with Crippen molar-refractivity contribution in [3.8, 4) is 0 Å². The molecule has 0 aliphatic carbocycles. The van der Waals surface area contributed by atoms with Crippen molar-refractivity contribution < 1.29 is 4.39 Å². The SMILES string of the molecule is CC(CCN(C)C)Nc1nc(NN)ncc1F. The van der Waals surface area contributed by atoms with Gasteiger partial charge in [-0.1, -0.05) is 0 Å². The molecule has 7 heteroatoms. The molecule has 1 aromatic heterocycles. The first-order valence-corrected chi connectivity index (χ1v) is 5.43. The van der Waals surface area contributed by atoms with Crippen LogP contribution in [0.4, 0.5) is 16.2 Å². The second-order valence-electron chi connectivity index (χ2n) is 4.17. The van der Waals surface area contributed by atoms with Crippen molar-refractivity contribution in [3.63, 3.8) is 0 Å². The molecular formula is C10H19FN6. The number of nitrogen functional groups attached to an aromatic ring is 1. The highest BCUT2D eigenvalue weighted by Crippen LogP contribution is 2.13. The smallest absolute Gasteiger partial charge is 0.239 e. The average molecular weight is 242 g/mol. The Hall–Kier alpha value is -1.47. The van der Waals surface area contributed by atoms with E-state index in [0.29, 0.717) is 0 Å². The summed E-state index contributed by atoms with van der Waals surface area (Å²) in [5.41, 5.74) is 2.28. The van der Waals surface area contributed by atoms with Gasteiger partial charge in [0, 0.05) is 6.04 Å².